The second-order valence-electron chi connectivity index (χ2n) is 9.77. The minimum atomic E-state index is -0.965. The molecule has 26 heavy (non-hydrogen) atoms. The Balaban J connectivity index is 1.58. The number of hydrogen-bond acceptors (Lipinski definition) is 4. The van der Waals surface area contributed by atoms with Crippen LogP contribution in [0.1, 0.15) is 66.2 Å². The van der Waals surface area contributed by atoms with Crippen LogP contribution < -0.4 is 5.32 Å². The lowest BCUT2D eigenvalue weighted by atomic mass is 9.50. The molecule has 144 valence electrons. The lowest BCUT2D eigenvalue weighted by Crippen LogP contribution is -2.59. The number of carbonyl (C=O) groups is 3. The summed E-state index contributed by atoms with van der Waals surface area (Å²) in [5.41, 5.74) is -1.38. The van der Waals surface area contributed by atoms with Crippen LogP contribution >= 0.6 is 0 Å². The molecule has 4 aliphatic carbocycles. The standard InChI is InChI=1S/C21H31NO4/c1-5-20(3,16-11(2)17(23)22-18(16)24)19(25)26-21(4)14-7-12-6-13(9-14)10-15(21)8-12/h11-16H,5-10H2,1-4H3,(H,22,23,24). The molecule has 1 aliphatic heterocycles. The molecular weight excluding hydrogens is 330 g/mol. The van der Waals surface area contributed by atoms with Crippen LogP contribution in [-0.4, -0.2) is 23.4 Å². The molecule has 2 amide bonds. The molecule has 1 heterocycles. The van der Waals surface area contributed by atoms with E-state index in [1.807, 2.05) is 6.92 Å². The van der Waals surface area contributed by atoms with Crippen LogP contribution in [0.15, 0.2) is 0 Å². The zero-order chi connectivity index (χ0) is 18.9. The van der Waals surface area contributed by atoms with Gasteiger partial charge in [-0.3, -0.25) is 19.7 Å². The van der Waals surface area contributed by atoms with Gasteiger partial charge in [0.2, 0.25) is 11.8 Å². The summed E-state index contributed by atoms with van der Waals surface area (Å²) in [6, 6.07) is 0. The zero-order valence-corrected chi connectivity index (χ0v) is 16.3. The molecule has 5 heteroatoms. The van der Waals surface area contributed by atoms with Crippen LogP contribution in [0.3, 0.4) is 0 Å². The van der Waals surface area contributed by atoms with Gasteiger partial charge >= 0.3 is 5.97 Å². The minimum absolute atomic E-state index is 0.284. The third-order valence-electron chi connectivity index (χ3n) is 8.40. The first kappa shape index (κ1) is 18.0. The number of carbonyl (C=O) groups excluding carboxylic acids is 3. The number of rotatable bonds is 4. The van der Waals surface area contributed by atoms with Gasteiger partial charge in [0, 0.05) is 5.92 Å². The van der Waals surface area contributed by atoms with Crippen molar-refractivity contribution in [1.29, 1.82) is 0 Å². The average molecular weight is 361 g/mol. The van der Waals surface area contributed by atoms with Crippen molar-refractivity contribution in [2.45, 2.75) is 71.8 Å². The first-order valence-corrected chi connectivity index (χ1v) is 10.3. The van der Waals surface area contributed by atoms with Gasteiger partial charge in [-0.2, -0.15) is 0 Å². The molecule has 0 aromatic carbocycles. The van der Waals surface area contributed by atoms with Gasteiger partial charge in [0.05, 0.1) is 11.3 Å². The summed E-state index contributed by atoms with van der Waals surface area (Å²) >= 11 is 0. The Morgan fingerprint density at radius 2 is 1.65 bits per heavy atom. The normalized spacial score (nSPS) is 46.2. The fourth-order valence-corrected chi connectivity index (χ4v) is 6.63. The van der Waals surface area contributed by atoms with E-state index in [1.54, 1.807) is 13.8 Å². The van der Waals surface area contributed by atoms with Gasteiger partial charge in [0.15, 0.2) is 0 Å². The van der Waals surface area contributed by atoms with Crippen LogP contribution in [0.2, 0.25) is 0 Å². The van der Waals surface area contributed by atoms with E-state index in [2.05, 4.69) is 12.2 Å². The van der Waals surface area contributed by atoms with Gasteiger partial charge in [-0.15, -0.1) is 0 Å². The molecule has 3 atom stereocenters. The van der Waals surface area contributed by atoms with E-state index in [9.17, 15) is 14.4 Å². The van der Waals surface area contributed by atoms with Crippen LogP contribution in [0.5, 0.6) is 0 Å². The Hall–Kier alpha value is -1.39. The number of hydrogen-bond donors (Lipinski definition) is 1. The number of esters is 1. The Morgan fingerprint density at radius 3 is 2.08 bits per heavy atom. The summed E-state index contributed by atoms with van der Waals surface area (Å²) in [5.74, 6) is 0.448. The Bertz CT molecular complexity index is 628. The number of imide groups is 1. The second kappa shape index (κ2) is 5.80. The second-order valence-corrected chi connectivity index (χ2v) is 9.77. The largest absolute Gasteiger partial charge is 0.458 e. The highest BCUT2D eigenvalue weighted by Gasteiger charge is 2.60. The highest BCUT2D eigenvalue weighted by molar-refractivity contribution is 6.07. The molecule has 5 aliphatic rings. The van der Waals surface area contributed by atoms with Gasteiger partial charge < -0.3 is 4.74 Å². The van der Waals surface area contributed by atoms with Crippen LogP contribution in [-0.2, 0) is 19.1 Å². The van der Waals surface area contributed by atoms with Crippen molar-refractivity contribution < 1.29 is 19.1 Å². The van der Waals surface area contributed by atoms with Gasteiger partial charge in [-0.25, -0.2) is 0 Å². The Labute approximate surface area is 155 Å². The van der Waals surface area contributed by atoms with Crippen LogP contribution in [0, 0.1) is 40.9 Å². The van der Waals surface area contributed by atoms with Crippen molar-refractivity contribution in [3.8, 4) is 0 Å². The molecule has 3 unspecified atom stereocenters. The molecule has 4 bridgehead atoms. The average Bonchev–Trinajstić information content (AvgIpc) is 2.84. The van der Waals surface area contributed by atoms with E-state index in [0.717, 1.165) is 11.8 Å². The quantitative estimate of drug-likeness (QED) is 0.617. The van der Waals surface area contributed by atoms with Crippen molar-refractivity contribution in [3.63, 3.8) is 0 Å². The van der Waals surface area contributed by atoms with Crippen LogP contribution in [0.25, 0.3) is 0 Å². The van der Waals surface area contributed by atoms with E-state index >= 15 is 0 Å². The van der Waals surface area contributed by atoms with Crippen LogP contribution in [0.4, 0.5) is 0 Å². The smallest absolute Gasteiger partial charge is 0.313 e. The predicted octanol–water partition coefficient (Wildman–Crippen LogP) is 3.07. The molecule has 1 saturated heterocycles. The molecule has 1 N–H and O–H groups in total. The van der Waals surface area contributed by atoms with E-state index in [1.165, 1.54) is 32.1 Å². The molecule has 5 fully saturated rings. The van der Waals surface area contributed by atoms with Crippen molar-refractivity contribution in [2.75, 3.05) is 0 Å². The van der Waals surface area contributed by atoms with Gasteiger partial charge in [0.1, 0.15) is 5.60 Å². The predicted molar refractivity (Wildman–Crippen MR) is 95.7 cm³/mol. The molecule has 0 radical (unpaired) electrons. The number of ether oxygens (including phenoxy) is 1. The summed E-state index contributed by atoms with van der Waals surface area (Å²) in [7, 11) is 0. The lowest BCUT2D eigenvalue weighted by Gasteiger charge is -2.59. The molecule has 0 spiro atoms. The number of amides is 2. The van der Waals surface area contributed by atoms with Gasteiger partial charge in [0.25, 0.3) is 0 Å². The van der Waals surface area contributed by atoms with Crippen molar-refractivity contribution in [1.82, 2.24) is 5.32 Å². The van der Waals surface area contributed by atoms with Crippen molar-refractivity contribution >= 4 is 17.8 Å². The first-order chi connectivity index (χ1) is 12.2. The summed E-state index contributed by atoms with van der Waals surface area (Å²) in [4.78, 5) is 37.7. The molecule has 0 aromatic heterocycles. The summed E-state index contributed by atoms with van der Waals surface area (Å²) in [6.45, 7) is 7.56. The Morgan fingerprint density at radius 1 is 1.12 bits per heavy atom. The van der Waals surface area contributed by atoms with Gasteiger partial charge in [-0.05, 0) is 76.0 Å². The fraction of sp³-hybridized carbons (Fsp3) is 0.857. The summed E-state index contributed by atoms with van der Waals surface area (Å²) < 4.78 is 6.28. The fourth-order valence-electron chi connectivity index (χ4n) is 6.63. The summed E-state index contributed by atoms with van der Waals surface area (Å²) in [5, 5.41) is 2.39. The summed E-state index contributed by atoms with van der Waals surface area (Å²) in [6.07, 6.45) is 6.50. The SMILES string of the molecule is CCC(C)(C(=O)OC1(C)C2CC3CC(C2)CC1C3)C1C(=O)NC(=O)C1C. The van der Waals surface area contributed by atoms with E-state index in [-0.39, 0.29) is 17.8 Å². The monoisotopic (exact) mass is 361 g/mol. The maximum absolute atomic E-state index is 13.4. The number of nitrogens with one attached hydrogen (secondary N) is 1. The third kappa shape index (κ3) is 2.38. The molecule has 0 aromatic rings. The van der Waals surface area contributed by atoms with Crippen molar-refractivity contribution in [2.24, 2.45) is 40.9 Å². The highest BCUT2D eigenvalue weighted by atomic mass is 16.6. The van der Waals surface area contributed by atoms with E-state index < -0.39 is 22.9 Å². The molecular formula is C21H31NO4. The maximum Gasteiger partial charge on any atom is 0.313 e. The third-order valence-corrected chi connectivity index (χ3v) is 8.40. The Kier molecular flexibility index (Phi) is 4.02. The first-order valence-electron chi connectivity index (χ1n) is 10.3. The topological polar surface area (TPSA) is 72.5 Å². The zero-order valence-electron chi connectivity index (χ0n) is 16.3. The van der Waals surface area contributed by atoms with Gasteiger partial charge in [-0.1, -0.05) is 13.8 Å². The lowest BCUT2D eigenvalue weighted by molar-refractivity contribution is -0.215. The molecule has 4 saturated carbocycles. The highest BCUT2D eigenvalue weighted by Crippen LogP contribution is 2.60. The van der Waals surface area contributed by atoms with E-state index in [0.29, 0.717) is 18.3 Å². The molecule has 5 nitrogen and oxygen atoms in total. The molecule has 5 rings (SSSR count). The van der Waals surface area contributed by atoms with E-state index in [4.69, 9.17) is 4.74 Å². The minimum Gasteiger partial charge on any atom is -0.458 e. The maximum atomic E-state index is 13.4. The van der Waals surface area contributed by atoms with Crippen molar-refractivity contribution in [3.05, 3.63) is 0 Å².